The monoisotopic (exact) mass is 286 g/mol. The van der Waals surface area contributed by atoms with Gasteiger partial charge in [0.15, 0.2) is 6.04 Å². The average molecular weight is 286 g/mol. The summed E-state index contributed by atoms with van der Waals surface area (Å²) in [7, 11) is 0. The van der Waals surface area contributed by atoms with Crippen molar-refractivity contribution in [3.8, 4) is 0 Å². The molecule has 1 unspecified atom stereocenters. The number of ether oxygens (including phenoxy) is 1. The van der Waals surface area contributed by atoms with E-state index < -0.39 is 18.1 Å². The van der Waals surface area contributed by atoms with Crippen LogP contribution in [0.1, 0.15) is 17.2 Å². The van der Waals surface area contributed by atoms with Gasteiger partial charge in [-0.15, -0.1) is 0 Å². The standard InChI is InChI=1S/C15H14N2O4/c18-14(19)13(12-7-4-8-16-9-12)17-15(20)21-10-11-5-2-1-3-6-11/h1-9,13H,10H2,(H,17,20)(H,18,19). The van der Waals surface area contributed by atoms with Crippen LogP contribution in [0.4, 0.5) is 4.79 Å². The van der Waals surface area contributed by atoms with Gasteiger partial charge in [0, 0.05) is 18.0 Å². The van der Waals surface area contributed by atoms with Gasteiger partial charge in [0.25, 0.3) is 0 Å². The average Bonchev–Trinajstić information content (AvgIpc) is 2.52. The number of nitrogens with zero attached hydrogens (tertiary/aromatic N) is 1. The summed E-state index contributed by atoms with van der Waals surface area (Å²) in [6.45, 7) is 0.0754. The Kier molecular flexibility index (Phi) is 4.87. The minimum Gasteiger partial charge on any atom is -0.479 e. The van der Waals surface area contributed by atoms with Crippen LogP contribution >= 0.6 is 0 Å². The molecule has 2 aromatic rings. The number of aromatic nitrogens is 1. The summed E-state index contributed by atoms with van der Waals surface area (Å²) in [5.41, 5.74) is 1.20. The predicted molar refractivity (Wildman–Crippen MR) is 74.4 cm³/mol. The molecular formula is C15H14N2O4. The van der Waals surface area contributed by atoms with E-state index in [0.29, 0.717) is 5.56 Å². The molecule has 0 saturated heterocycles. The minimum absolute atomic E-state index is 0.0754. The molecule has 0 spiro atoms. The molecule has 6 nitrogen and oxygen atoms in total. The van der Waals surface area contributed by atoms with Gasteiger partial charge in [0.05, 0.1) is 0 Å². The first kappa shape index (κ1) is 14.5. The van der Waals surface area contributed by atoms with Gasteiger partial charge >= 0.3 is 12.1 Å². The maximum absolute atomic E-state index is 11.7. The summed E-state index contributed by atoms with van der Waals surface area (Å²) in [6.07, 6.45) is 2.11. The van der Waals surface area contributed by atoms with E-state index in [0.717, 1.165) is 5.56 Å². The van der Waals surface area contributed by atoms with Gasteiger partial charge in [-0.2, -0.15) is 0 Å². The van der Waals surface area contributed by atoms with Crippen molar-refractivity contribution in [2.45, 2.75) is 12.6 Å². The molecule has 1 atom stereocenters. The molecule has 1 aromatic carbocycles. The minimum atomic E-state index is -1.19. The molecule has 0 aliphatic heterocycles. The number of hydrogen-bond donors (Lipinski definition) is 2. The van der Waals surface area contributed by atoms with Crippen molar-refractivity contribution in [3.05, 3.63) is 66.0 Å². The number of benzene rings is 1. The van der Waals surface area contributed by atoms with E-state index in [1.165, 1.54) is 12.4 Å². The Morgan fingerprint density at radius 1 is 1.19 bits per heavy atom. The van der Waals surface area contributed by atoms with E-state index in [2.05, 4.69) is 10.3 Å². The summed E-state index contributed by atoms with van der Waals surface area (Å²) >= 11 is 0. The number of carboxylic acid groups (broad SMARTS) is 1. The molecule has 21 heavy (non-hydrogen) atoms. The van der Waals surface area contributed by atoms with Crippen LogP contribution in [0.3, 0.4) is 0 Å². The van der Waals surface area contributed by atoms with Gasteiger partial charge in [-0.1, -0.05) is 36.4 Å². The zero-order valence-corrected chi connectivity index (χ0v) is 11.1. The molecule has 2 rings (SSSR count). The van der Waals surface area contributed by atoms with Crippen molar-refractivity contribution in [2.24, 2.45) is 0 Å². The van der Waals surface area contributed by atoms with Gasteiger partial charge in [0.1, 0.15) is 6.61 Å². The number of nitrogens with one attached hydrogen (secondary N) is 1. The van der Waals surface area contributed by atoms with Gasteiger partial charge in [0.2, 0.25) is 0 Å². The zero-order chi connectivity index (χ0) is 15.1. The lowest BCUT2D eigenvalue weighted by molar-refractivity contribution is -0.139. The van der Waals surface area contributed by atoms with Gasteiger partial charge in [-0.3, -0.25) is 4.98 Å². The molecule has 1 heterocycles. The van der Waals surface area contributed by atoms with Crippen LogP contribution in [-0.2, 0) is 16.1 Å². The quantitative estimate of drug-likeness (QED) is 0.879. The lowest BCUT2D eigenvalue weighted by atomic mass is 10.1. The summed E-state index contributed by atoms with van der Waals surface area (Å²) in [4.78, 5) is 26.7. The highest BCUT2D eigenvalue weighted by Gasteiger charge is 2.22. The molecule has 2 N–H and O–H groups in total. The highest BCUT2D eigenvalue weighted by molar-refractivity contribution is 5.81. The number of alkyl carbamates (subject to hydrolysis) is 1. The molecule has 1 amide bonds. The Bertz CT molecular complexity index is 602. The molecule has 0 aliphatic carbocycles. The number of carbonyl (C=O) groups is 2. The molecule has 108 valence electrons. The van der Waals surface area contributed by atoms with E-state index in [4.69, 9.17) is 9.84 Å². The van der Waals surface area contributed by atoms with E-state index in [-0.39, 0.29) is 6.61 Å². The van der Waals surface area contributed by atoms with Crippen LogP contribution in [0, 0.1) is 0 Å². The maximum atomic E-state index is 11.7. The summed E-state index contributed by atoms with van der Waals surface area (Å²) < 4.78 is 5.00. The zero-order valence-electron chi connectivity index (χ0n) is 11.1. The smallest absolute Gasteiger partial charge is 0.408 e. The van der Waals surface area contributed by atoms with Gasteiger partial charge in [-0.05, 0) is 11.6 Å². The van der Waals surface area contributed by atoms with Crippen molar-refractivity contribution in [1.29, 1.82) is 0 Å². The lowest BCUT2D eigenvalue weighted by Gasteiger charge is -2.14. The number of pyridine rings is 1. The third-order valence-corrected chi connectivity index (χ3v) is 2.74. The van der Waals surface area contributed by atoms with Crippen LogP contribution in [0.15, 0.2) is 54.9 Å². The number of carbonyl (C=O) groups excluding carboxylic acids is 1. The molecular weight excluding hydrogens is 272 g/mol. The fourth-order valence-corrected chi connectivity index (χ4v) is 1.72. The summed E-state index contributed by atoms with van der Waals surface area (Å²) in [6, 6.07) is 11.1. The Morgan fingerprint density at radius 2 is 1.95 bits per heavy atom. The van der Waals surface area contributed by atoms with E-state index in [9.17, 15) is 9.59 Å². The fraction of sp³-hybridized carbons (Fsp3) is 0.133. The van der Waals surface area contributed by atoms with Crippen molar-refractivity contribution < 1.29 is 19.4 Å². The number of rotatable bonds is 5. The Labute approximate surface area is 121 Å². The molecule has 6 heteroatoms. The second-order valence-electron chi connectivity index (χ2n) is 4.26. The van der Waals surface area contributed by atoms with Crippen molar-refractivity contribution in [3.63, 3.8) is 0 Å². The normalized spacial score (nSPS) is 11.4. The second kappa shape index (κ2) is 7.04. The third-order valence-electron chi connectivity index (χ3n) is 2.74. The van der Waals surface area contributed by atoms with Crippen molar-refractivity contribution in [2.75, 3.05) is 0 Å². The highest BCUT2D eigenvalue weighted by Crippen LogP contribution is 2.12. The Morgan fingerprint density at radius 3 is 2.57 bits per heavy atom. The molecule has 0 saturated carbocycles. The first-order chi connectivity index (χ1) is 10.2. The van der Waals surface area contributed by atoms with Crippen LogP contribution in [0.25, 0.3) is 0 Å². The van der Waals surface area contributed by atoms with E-state index >= 15 is 0 Å². The topological polar surface area (TPSA) is 88.5 Å². The molecule has 0 bridgehead atoms. The molecule has 0 fully saturated rings. The summed E-state index contributed by atoms with van der Waals surface area (Å²) in [5.74, 6) is -1.18. The predicted octanol–water partition coefficient (Wildman–Crippen LogP) is 2.13. The van der Waals surface area contributed by atoms with Crippen molar-refractivity contribution >= 4 is 12.1 Å². The van der Waals surface area contributed by atoms with E-state index in [1.807, 2.05) is 30.3 Å². The highest BCUT2D eigenvalue weighted by atomic mass is 16.5. The van der Waals surface area contributed by atoms with Crippen LogP contribution in [-0.4, -0.2) is 22.2 Å². The Hall–Kier alpha value is -2.89. The number of carboxylic acids is 1. The maximum Gasteiger partial charge on any atom is 0.408 e. The second-order valence-corrected chi connectivity index (χ2v) is 4.26. The first-order valence-electron chi connectivity index (χ1n) is 6.27. The SMILES string of the molecule is O=C(NC(C(=O)O)c1cccnc1)OCc1ccccc1. The van der Waals surface area contributed by atoms with Crippen LogP contribution < -0.4 is 5.32 Å². The summed E-state index contributed by atoms with van der Waals surface area (Å²) in [5, 5.41) is 11.5. The van der Waals surface area contributed by atoms with Crippen LogP contribution in [0.5, 0.6) is 0 Å². The number of hydrogen-bond acceptors (Lipinski definition) is 4. The van der Waals surface area contributed by atoms with Crippen LogP contribution in [0.2, 0.25) is 0 Å². The number of aliphatic carboxylic acids is 1. The molecule has 0 radical (unpaired) electrons. The van der Waals surface area contributed by atoms with E-state index in [1.54, 1.807) is 12.1 Å². The molecule has 1 aromatic heterocycles. The van der Waals surface area contributed by atoms with Crippen molar-refractivity contribution in [1.82, 2.24) is 10.3 Å². The largest absolute Gasteiger partial charge is 0.479 e. The lowest BCUT2D eigenvalue weighted by Crippen LogP contribution is -2.34. The van der Waals surface area contributed by atoms with Gasteiger partial charge in [-0.25, -0.2) is 9.59 Å². The fourth-order valence-electron chi connectivity index (χ4n) is 1.72. The Balaban J connectivity index is 1.95. The van der Waals surface area contributed by atoms with Gasteiger partial charge < -0.3 is 15.2 Å². The molecule has 0 aliphatic rings. The first-order valence-corrected chi connectivity index (χ1v) is 6.27. The number of amides is 1. The third kappa shape index (κ3) is 4.31.